The molecule has 2 N–H and O–H groups in total. The van der Waals surface area contributed by atoms with Gasteiger partial charge in [0.2, 0.25) is 0 Å². The molecular formula is C20H18N2O2. The Hall–Kier alpha value is -2.98. The molecule has 3 aromatic rings. The Kier molecular flexibility index (Phi) is 4.68. The second-order valence-corrected chi connectivity index (χ2v) is 5.42. The topological polar surface area (TPSA) is 62.2 Å². The van der Waals surface area contributed by atoms with Crippen LogP contribution in [0.3, 0.4) is 0 Å². The molecule has 0 fully saturated rings. The van der Waals surface area contributed by atoms with E-state index in [9.17, 15) is 9.90 Å². The molecule has 0 radical (unpaired) electrons. The van der Waals surface area contributed by atoms with Gasteiger partial charge in [-0.2, -0.15) is 0 Å². The Labute approximate surface area is 140 Å². The van der Waals surface area contributed by atoms with Gasteiger partial charge in [-0.1, -0.05) is 54.6 Å². The van der Waals surface area contributed by atoms with E-state index >= 15 is 0 Å². The van der Waals surface area contributed by atoms with Crippen molar-refractivity contribution < 1.29 is 9.90 Å². The van der Waals surface area contributed by atoms with E-state index < -0.39 is 5.97 Å². The minimum absolute atomic E-state index is 0.302. The van der Waals surface area contributed by atoms with Crippen LogP contribution in [0.15, 0.2) is 67.3 Å². The molecule has 0 unspecified atom stereocenters. The van der Waals surface area contributed by atoms with Gasteiger partial charge in [-0.05, 0) is 6.07 Å². The lowest BCUT2D eigenvalue weighted by Crippen LogP contribution is -2.17. The molecule has 3 rings (SSSR count). The molecule has 0 aliphatic carbocycles. The van der Waals surface area contributed by atoms with Gasteiger partial charge in [0.05, 0.1) is 16.8 Å². The minimum Gasteiger partial charge on any atom is -0.478 e. The highest BCUT2D eigenvalue weighted by Crippen LogP contribution is 2.30. The smallest absolute Gasteiger partial charge is 0.336 e. The third-order valence-corrected chi connectivity index (χ3v) is 3.84. The quantitative estimate of drug-likeness (QED) is 0.535. The van der Waals surface area contributed by atoms with Gasteiger partial charge in [-0.25, -0.2) is 9.78 Å². The van der Waals surface area contributed by atoms with Crippen molar-refractivity contribution in [2.24, 2.45) is 0 Å². The van der Waals surface area contributed by atoms with Crippen LogP contribution in [0, 0.1) is 0 Å². The fraction of sp³-hybridized carbons (Fsp3) is 0.100. The molecule has 120 valence electrons. The number of nitrogens with one attached hydrogen (secondary N) is 1. The zero-order chi connectivity index (χ0) is 16.9. The number of hydrogen-bond acceptors (Lipinski definition) is 3. The summed E-state index contributed by atoms with van der Waals surface area (Å²) in [5.74, 6) is -0.943. The zero-order valence-electron chi connectivity index (χ0n) is 13.2. The maximum Gasteiger partial charge on any atom is 0.336 e. The van der Waals surface area contributed by atoms with Gasteiger partial charge < -0.3 is 10.4 Å². The maximum atomic E-state index is 12.0. The van der Waals surface area contributed by atoms with E-state index in [1.165, 1.54) is 0 Å². The first-order valence-electron chi connectivity index (χ1n) is 7.74. The molecule has 0 atom stereocenters. The lowest BCUT2D eigenvalue weighted by atomic mass is 9.96. The fourth-order valence-corrected chi connectivity index (χ4v) is 2.80. The van der Waals surface area contributed by atoms with Crippen molar-refractivity contribution in [2.75, 3.05) is 6.54 Å². The summed E-state index contributed by atoms with van der Waals surface area (Å²) in [6, 6.07) is 17.0. The molecule has 0 spiro atoms. The molecule has 0 aliphatic heterocycles. The maximum absolute atomic E-state index is 12.0. The number of carboxylic acids is 1. The highest BCUT2D eigenvalue weighted by atomic mass is 16.4. The van der Waals surface area contributed by atoms with Gasteiger partial charge in [0.1, 0.15) is 0 Å². The number of benzene rings is 2. The standard InChI is InChI=1S/C20H18N2O2/c1-2-12-21-13-16-18(20(23)24)15-10-6-7-11-17(15)22-19(16)14-8-4-3-5-9-14/h2-11,21H,1,12-13H2,(H,23,24). The molecule has 0 aliphatic rings. The molecule has 0 bridgehead atoms. The van der Waals surface area contributed by atoms with E-state index in [-0.39, 0.29) is 0 Å². The third kappa shape index (κ3) is 3.05. The monoisotopic (exact) mass is 318 g/mol. The zero-order valence-corrected chi connectivity index (χ0v) is 13.2. The van der Waals surface area contributed by atoms with Gasteiger partial charge in [0.25, 0.3) is 0 Å². The first-order valence-corrected chi connectivity index (χ1v) is 7.74. The first-order chi connectivity index (χ1) is 11.7. The van der Waals surface area contributed by atoms with Crippen molar-refractivity contribution in [3.8, 4) is 11.3 Å². The molecular weight excluding hydrogens is 300 g/mol. The summed E-state index contributed by atoms with van der Waals surface area (Å²) in [5, 5.41) is 13.7. The highest BCUT2D eigenvalue weighted by Gasteiger charge is 2.20. The lowest BCUT2D eigenvalue weighted by molar-refractivity contribution is 0.0697. The van der Waals surface area contributed by atoms with Crippen molar-refractivity contribution in [3.05, 3.63) is 78.4 Å². The molecule has 1 heterocycles. The van der Waals surface area contributed by atoms with E-state index in [0.717, 1.165) is 5.56 Å². The number of pyridine rings is 1. The SMILES string of the molecule is C=CCNCc1c(-c2ccccc2)nc2ccccc2c1C(=O)O. The van der Waals surface area contributed by atoms with Crippen LogP contribution in [-0.4, -0.2) is 22.6 Å². The number of aromatic carboxylic acids is 1. The van der Waals surface area contributed by atoms with Crippen molar-refractivity contribution in [1.82, 2.24) is 10.3 Å². The van der Waals surface area contributed by atoms with Crippen LogP contribution in [-0.2, 0) is 6.54 Å². The van der Waals surface area contributed by atoms with Gasteiger partial charge in [0, 0.05) is 29.6 Å². The minimum atomic E-state index is -0.943. The predicted octanol–water partition coefficient (Wildman–Crippen LogP) is 3.88. The molecule has 0 amide bonds. The summed E-state index contributed by atoms with van der Waals surface area (Å²) < 4.78 is 0. The Morgan fingerprint density at radius 2 is 1.83 bits per heavy atom. The lowest BCUT2D eigenvalue weighted by Gasteiger charge is -2.15. The van der Waals surface area contributed by atoms with Crippen LogP contribution in [0.1, 0.15) is 15.9 Å². The number of fused-ring (bicyclic) bond motifs is 1. The average Bonchev–Trinajstić information content (AvgIpc) is 2.61. The van der Waals surface area contributed by atoms with E-state index in [0.29, 0.717) is 40.8 Å². The first kappa shape index (κ1) is 15.9. The Morgan fingerprint density at radius 1 is 1.12 bits per heavy atom. The van der Waals surface area contributed by atoms with E-state index in [2.05, 4.69) is 11.9 Å². The van der Waals surface area contributed by atoms with Crippen molar-refractivity contribution >= 4 is 16.9 Å². The molecule has 24 heavy (non-hydrogen) atoms. The van der Waals surface area contributed by atoms with Gasteiger partial charge in [0.15, 0.2) is 0 Å². The Bertz CT molecular complexity index is 889. The van der Waals surface area contributed by atoms with Crippen LogP contribution in [0.4, 0.5) is 0 Å². The summed E-state index contributed by atoms with van der Waals surface area (Å²) >= 11 is 0. The summed E-state index contributed by atoms with van der Waals surface area (Å²) in [6.07, 6.45) is 1.75. The Morgan fingerprint density at radius 3 is 2.54 bits per heavy atom. The summed E-state index contributed by atoms with van der Waals surface area (Å²) in [4.78, 5) is 16.7. The fourth-order valence-electron chi connectivity index (χ4n) is 2.80. The molecule has 1 aromatic heterocycles. The van der Waals surface area contributed by atoms with Crippen LogP contribution in [0.2, 0.25) is 0 Å². The highest BCUT2D eigenvalue weighted by molar-refractivity contribution is 6.05. The van der Waals surface area contributed by atoms with Crippen LogP contribution >= 0.6 is 0 Å². The molecule has 4 nitrogen and oxygen atoms in total. The second-order valence-electron chi connectivity index (χ2n) is 5.42. The van der Waals surface area contributed by atoms with Crippen LogP contribution in [0.5, 0.6) is 0 Å². The Balaban J connectivity index is 2.29. The van der Waals surface area contributed by atoms with Crippen molar-refractivity contribution in [1.29, 1.82) is 0 Å². The predicted molar refractivity (Wildman–Crippen MR) is 96.0 cm³/mol. The molecule has 0 saturated carbocycles. The number of rotatable bonds is 6. The number of hydrogen-bond donors (Lipinski definition) is 2. The number of nitrogens with zero attached hydrogens (tertiary/aromatic N) is 1. The number of para-hydroxylation sites is 1. The molecule has 2 aromatic carbocycles. The average molecular weight is 318 g/mol. The van der Waals surface area contributed by atoms with Crippen molar-refractivity contribution in [3.63, 3.8) is 0 Å². The second kappa shape index (κ2) is 7.06. The van der Waals surface area contributed by atoms with Gasteiger partial charge >= 0.3 is 5.97 Å². The van der Waals surface area contributed by atoms with Gasteiger partial charge in [-0.3, -0.25) is 0 Å². The third-order valence-electron chi connectivity index (χ3n) is 3.84. The normalized spacial score (nSPS) is 10.7. The van der Waals surface area contributed by atoms with Crippen LogP contribution in [0.25, 0.3) is 22.2 Å². The summed E-state index contributed by atoms with van der Waals surface area (Å²) in [5.41, 5.74) is 3.27. The number of carboxylic acid groups (broad SMARTS) is 1. The van der Waals surface area contributed by atoms with Crippen LogP contribution < -0.4 is 5.32 Å². The van der Waals surface area contributed by atoms with E-state index in [4.69, 9.17) is 4.98 Å². The van der Waals surface area contributed by atoms with Gasteiger partial charge in [-0.15, -0.1) is 6.58 Å². The number of aromatic nitrogens is 1. The summed E-state index contributed by atoms with van der Waals surface area (Å²) in [7, 11) is 0. The molecule has 4 heteroatoms. The number of carbonyl (C=O) groups is 1. The van der Waals surface area contributed by atoms with E-state index in [1.54, 1.807) is 12.1 Å². The van der Waals surface area contributed by atoms with E-state index in [1.807, 2.05) is 48.5 Å². The van der Waals surface area contributed by atoms with Crippen molar-refractivity contribution in [2.45, 2.75) is 6.54 Å². The largest absolute Gasteiger partial charge is 0.478 e. The summed E-state index contributed by atoms with van der Waals surface area (Å²) in [6.45, 7) is 4.70. The molecule has 0 saturated heterocycles.